The molecule has 3 heteroatoms. The Bertz CT molecular complexity index is 112. The van der Waals surface area contributed by atoms with Crippen molar-refractivity contribution in [2.45, 2.75) is 18.9 Å². The van der Waals surface area contributed by atoms with Crippen molar-refractivity contribution in [3.05, 3.63) is 0 Å². The molecule has 10 heavy (non-hydrogen) atoms. The van der Waals surface area contributed by atoms with Crippen LogP contribution in [0.25, 0.3) is 0 Å². The zero-order chi connectivity index (χ0) is 6.97. The number of hydrazine groups is 1. The van der Waals surface area contributed by atoms with Crippen LogP contribution in [0, 0.1) is 0 Å². The van der Waals surface area contributed by atoms with Gasteiger partial charge in [-0.15, -0.1) is 0 Å². The summed E-state index contributed by atoms with van der Waals surface area (Å²) >= 11 is 0. The molecule has 58 valence electrons. The highest BCUT2D eigenvalue weighted by Crippen LogP contribution is 2.16. The third kappa shape index (κ3) is 1.05. The van der Waals surface area contributed by atoms with Crippen molar-refractivity contribution in [2.75, 3.05) is 26.8 Å². The van der Waals surface area contributed by atoms with Crippen LogP contribution in [0.1, 0.15) is 12.8 Å². The average Bonchev–Trinajstić information content (AvgIpc) is 2.27. The predicted octanol–water partition coefficient (Wildman–Crippen LogP) is -0.142. The number of hydrogen-bond acceptors (Lipinski definition) is 3. The van der Waals surface area contributed by atoms with Crippen LogP contribution in [0.3, 0.4) is 0 Å². The number of nitrogens with one attached hydrogen (secondary N) is 1. The lowest BCUT2D eigenvalue weighted by atomic mass is 10.1. The summed E-state index contributed by atoms with van der Waals surface area (Å²) in [6, 6.07) is 0.791. The van der Waals surface area contributed by atoms with E-state index in [1.54, 1.807) is 0 Å². The van der Waals surface area contributed by atoms with Crippen LogP contribution < -0.4 is 5.43 Å². The lowest BCUT2D eigenvalue weighted by Gasteiger charge is -2.28. The van der Waals surface area contributed by atoms with Gasteiger partial charge in [-0.1, -0.05) is 0 Å². The number of fused-ring (bicyclic) bond motifs is 1. The molecule has 0 amide bonds. The van der Waals surface area contributed by atoms with Crippen LogP contribution in [-0.2, 0) is 0 Å². The maximum atomic E-state index is 3.40. The molecule has 0 spiro atoms. The van der Waals surface area contributed by atoms with Gasteiger partial charge < -0.3 is 0 Å². The molecule has 1 N–H and O–H groups in total. The van der Waals surface area contributed by atoms with E-state index in [1.807, 2.05) is 0 Å². The van der Waals surface area contributed by atoms with Crippen LogP contribution in [0.5, 0.6) is 0 Å². The first-order valence-electron chi connectivity index (χ1n) is 4.05. The fourth-order valence-electron chi connectivity index (χ4n) is 1.88. The van der Waals surface area contributed by atoms with Gasteiger partial charge in [-0.25, -0.2) is 5.01 Å². The molecule has 1 unspecified atom stereocenters. The molecule has 0 saturated carbocycles. The smallest absolute Gasteiger partial charge is 0.0647 e. The molecule has 1 atom stereocenters. The largest absolute Gasteiger partial charge is 0.291 e. The van der Waals surface area contributed by atoms with Crippen molar-refractivity contribution in [1.82, 2.24) is 15.3 Å². The van der Waals surface area contributed by atoms with Gasteiger partial charge in [0.2, 0.25) is 0 Å². The summed E-state index contributed by atoms with van der Waals surface area (Å²) < 4.78 is 0. The Morgan fingerprint density at radius 1 is 1.50 bits per heavy atom. The average molecular weight is 141 g/mol. The fraction of sp³-hybridized carbons (Fsp3) is 1.00. The molecule has 2 saturated heterocycles. The number of nitrogens with zero attached hydrogens (tertiary/aromatic N) is 2. The van der Waals surface area contributed by atoms with E-state index in [-0.39, 0.29) is 0 Å². The zero-order valence-electron chi connectivity index (χ0n) is 6.51. The monoisotopic (exact) mass is 141 g/mol. The molecule has 0 aliphatic carbocycles. The first-order chi connectivity index (χ1) is 4.86. The molecule has 3 nitrogen and oxygen atoms in total. The minimum absolute atomic E-state index is 0.791. The molecular formula is C7H15N3. The van der Waals surface area contributed by atoms with Gasteiger partial charge in [0.1, 0.15) is 0 Å². The second kappa shape index (κ2) is 2.49. The van der Waals surface area contributed by atoms with Gasteiger partial charge in [0.05, 0.1) is 6.67 Å². The Morgan fingerprint density at radius 2 is 2.40 bits per heavy atom. The minimum Gasteiger partial charge on any atom is -0.291 e. The summed E-state index contributed by atoms with van der Waals surface area (Å²) in [6.07, 6.45) is 2.71. The molecule has 0 radical (unpaired) electrons. The van der Waals surface area contributed by atoms with Gasteiger partial charge in [-0.05, 0) is 19.9 Å². The number of hydrogen-bond donors (Lipinski definition) is 1. The summed E-state index contributed by atoms with van der Waals surface area (Å²) in [5, 5.41) is 2.36. The maximum Gasteiger partial charge on any atom is 0.0647 e. The van der Waals surface area contributed by atoms with Gasteiger partial charge in [0.15, 0.2) is 0 Å². The highest BCUT2D eigenvalue weighted by Gasteiger charge is 2.29. The van der Waals surface area contributed by atoms with Gasteiger partial charge in [-0.3, -0.25) is 10.3 Å². The van der Waals surface area contributed by atoms with E-state index in [0.717, 1.165) is 12.7 Å². The normalized spacial score (nSPS) is 36.3. The van der Waals surface area contributed by atoms with E-state index < -0.39 is 0 Å². The van der Waals surface area contributed by atoms with Gasteiger partial charge in [0, 0.05) is 19.1 Å². The van der Waals surface area contributed by atoms with E-state index in [9.17, 15) is 0 Å². The minimum atomic E-state index is 0.791. The lowest BCUT2D eigenvalue weighted by molar-refractivity contribution is 0.121. The number of rotatable bonds is 0. The van der Waals surface area contributed by atoms with E-state index in [4.69, 9.17) is 0 Å². The first-order valence-corrected chi connectivity index (χ1v) is 4.05. The molecule has 0 aromatic rings. The molecule has 0 aromatic heterocycles. The van der Waals surface area contributed by atoms with E-state index >= 15 is 0 Å². The summed E-state index contributed by atoms with van der Waals surface area (Å²) in [7, 11) is 2.18. The summed E-state index contributed by atoms with van der Waals surface area (Å²) in [5.74, 6) is 0. The SMILES string of the molecule is CN1CC2CCCNN2C1. The highest BCUT2D eigenvalue weighted by molar-refractivity contribution is 4.81. The predicted molar refractivity (Wildman–Crippen MR) is 40.4 cm³/mol. The Labute approximate surface area is 62.0 Å². The second-order valence-corrected chi connectivity index (χ2v) is 3.35. The zero-order valence-corrected chi connectivity index (χ0v) is 6.51. The maximum absolute atomic E-state index is 3.40. The van der Waals surface area contributed by atoms with Crippen molar-refractivity contribution < 1.29 is 0 Å². The van der Waals surface area contributed by atoms with Gasteiger partial charge in [0.25, 0.3) is 0 Å². The van der Waals surface area contributed by atoms with Crippen LogP contribution in [0.2, 0.25) is 0 Å². The lowest BCUT2D eigenvalue weighted by Crippen LogP contribution is -2.46. The van der Waals surface area contributed by atoms with Gasteiger partial charge in [-0.2, -0.15) is 0 Å². The topological polar surface area (TPSA) is 18.5 Å². The quantitative estimate of drug-likeness (QED) is 0.506. The molecule has 2 aliphatic rings. The van der Waals surface area contributed by atoms with Crippen LogP contribution in [0.4, 0.5) is 0 Å². The molecule has 2 fully saturated rings. The van der Waals surface area contributed by atoms with E-state index in [0.29, 0.717) is 0 Å². The molecule has 2 heterocycles. The van der Waals surface area contributed by atoms with Crippen molar-refractivity contribution in [1.29, 1.82) is 0 Å². The fourth-order valence-corrected chi connectivity index (χ4v) is 1.88. The third-order valence-corrected chi connectivity index (χ3v) is 2.39. The van der Waals surface area contributed by atoms with Crippen molar-refractivity contribution >= 4 is 0 Å². The van der Waals surface area contributed by atoms with E-state index in [1.165, 1.54) is 25.9 Å². The third-order valence-electron chi connectivity index (χ3n) is 2.39. The Kier molecular flexibility index (Phi) is 1.64. The molecular weight excluding hydrogens is 126 g/mol. The van der Waals surface area contributed by atoms with Gasteiger partial charge >= 0.3 is 0 Å². The highest BCUT2D eigenvalue weighted by atomic mass is 15.6. The molecule has 0 bridgehead atoms. The van der Waals surface area contributed by atoms with Crippen LogP contribution in [0.15, 0.2) is 0 Å². The molecule has 0 aromatic carbocycles. The van der Waals surface area contributed by atoms with Crippen molar-refractivity contribution in [2.24, 2.45) is 0 Å². The Hall–Kier alpha value is -0.120. The second-order valence-electron chi connectivity index (χ2n) is 3.35. The molecule has 2 rings (SSSR count). The summed E-state index contributed by atoms with van der Waals surface area (Å²) in [5.41, 5.74) is 3.40. The standard InChI is InChI=1S/C7H15N3/c1-9-5-7-3-2-4-8-10(7)6-9/h7-8H,2-6H2,1H3. The molecule has 2 aliphatic heterocycles. The first kappa shape index (κ1) is 6.58. The van der Waals surface area contributed by atoms with Crippen LogP contribution >= 0.6 is 0 Å². The summed E-state index contributed by atoms with van der Waals surface area (Å²) in [6.45, 7) is 3.52. The van der Waals surface area contributed by atoms with E-state index in [2.05, 4.69) is 22.4 Å². The van der Waals surface area contributed by atoms with Crippen LogP contribution in [-0.4, -0.2) is 42.8 Å². The Balaban J connectivity index is 1.97. The van der Waals surface area contributed by atoms with Crippen molar-refractivity contribution in [3.8, 4) is 0 Å². The number of likely N-dealkylation sites (N-methyl/N-ethyl adjacent to an activating group) is 1. The van der Waals surface area contributed by atoms with Crippen molar-refractivity contribution in [3.63, 3.8) is 0 Å². The summed E-state index contributed by atoms with van der Waals surface area (Å²) in [4.78, 5) is 2.36. The Morgan fingerprint density at radius 3 is 3.20 bits per heavy atom.